The zero-order valence-electron chi connectivity index (χ0n) is 27.6. The Kier molecular flexibility index (Phi) is 5.22. The van der Waals surface area contributed by atoms with E-state index in [0.29, 0.717) is 0 Å². The molecule has 0 radical (unpaired) electrons. The predicted octanol–water partition coefficient (Wildman–Crippen LogP) is 13.0. The van der Waals surface area contributed by atoms with Gasteiger partial charge >= 0.3 is 0 Å². The molecule has 8 aromatic carbocycles. The minimum absolute atomic E-state index is 1.17. The smallest absolute Gasteiger partial charge is 0.0624 e. The van der Waals surface area contributed by atoms with Crippen molar-refractivity contribution in [1.82, 2.24) is 9.13 Å². The summed E-state index contributed by atoms with van der Waals surface area (Å²) in [5.74, 6) is 0. The molecule has 0 amide bonds. The molecule has 2 heteroatoms. The highest BCUT2D eigenvalue weighted by atomic mass is 15.0. The van der Waals surface area contributed by atoms with E-state index in [2.05, 4.69) is 185 Å². The first-order chi connectivity index (χ1) is 25.3. The lowest BCUT2D eigenvalue weighted by Crippen LogP contribution is -1.96. The van der Waals surface area contributed by atoms with Crippen molar-refractivity contribution in [2.45, 2.75) is 0 Å². The van der Waals surface area contributed by atoms with Gasteiger partial charge in [-0.3, -0.25) is 0 Å². The van der Waals surface area contributed by atoms with Gasteiger partial charge in [-0.2, -0.15) is 0 Å². The lowest BCUT2D eigenvalue weighted by molar-refractivity contribution is 1.11. The molecule has 51 heavy (non-hydrogen) atoms. The third kappa shape index (κ3) is 3.67. The van der Waals surface area contributed by atoms with Crippen LogP contribution >= 0.6 is 0 Å². The van der Waals surface area contributed by atoms with Gasteiger partial charge in [-0.05, 0) is 104 Å². The van der Waals surface area contributed by atoms with Crippen LogP contribution in [0.25, 0.3) is 111 Å². The second-order valence-electron chi connectivity index (χ2n) is 13.9. The SMILES string of the molecule is C1=Cc2c(n(-c3ccc4ccccc4c3)c3ccc(-c4ccc5c(c4)c4cccc6c4n5-c4ccccc4-c4cc5ccccc5cc4-6)cc23)C=1. The van der Waals surface area contributed by atoms with E-state index in [-0.39, 0.29) is 0 Å². The first-order valence-corrected chi connectivity index (χ1v) is 17.6. The van der Waals surface area contributed by atoms with Crippen LogP contribution < -0.4 is 0 Å². The van der Waals surface area contributed by atoms with Crippen LogP contribution in [0.5, 0.6) is 0 Å². The maximum Gasteiger partial charge on any atom is 0.0624 e. The first-order valence-electron chi connectivity index (χ1n) is 17.6. The molecule has 0 N–H and O–H groups in total. The van der Waals surface area contributed by atoms with Crippen molar-refractivity contribution in [1.29, 1.82) is 0 Å². The molecule has 0 bridgehead atoms. The van der Waals surface area contributed by atoms with E-state index in [9.17, 15) is 0 Å². The van der Waals surface area contributed by atoms with Gasteiger partial charge in [-0.1, -0.05) is 103 Å². The van der Waals surface area contributed by atoms with E-state index in [1.165, 1.54) is 110 Å². The van der Waals surface area contributed by atoms with Gasteiger partial charge in [0.05, 0.1) is 27.9 Å². The molecule has 234 valence electrons. The molecule has 0 fully saturated rings. The molecule has 2 nitrogen and oxygen atoms in total. The van der Waals surface area contributed by atoms with Gasteiger partial charge in [-0.25, -0.2) is 0 Å². The summed E-state index contributed by atoms with van der Waals surface area (Å²) >= 11 is 0. The van der Waals surface area contributed by atoms with Crippen molar-refractivity contribution >= 4 is 66.4 Å². The van der Waals surface area contributed by atoms with E-state index in [4.69, 9.17) is 0 Å². The minimum atomic E-state index is 1.17. The van der Waals surface area contributed by atoms with Gasteiger partial charge in [0.15, 0.2) is 0 Å². The van der Waals surface area contributed by atoms with Crippen LogP contribution in [0, 0.1) is 0 Å². The predicted molar refractivity (Wildman–Crippen MR) is 215 cm³/mol. The summed E-state index contributed by atoms with van der Waals surface area (Å²) in [5.41, 5.74) is 19.4. The lowest BCUT2D eigenvalue weighted by Gasteiger charge is -2.13. The lowest BCUT2D eigenvalue weighted by atomic mass is 9.91. The van der Waals surface area contributed by atoms with Crippen molar-refractivity contribution in [3.8, 4) is 44.8 Å². The van der Waals surface area contributed by atoms with Gasteiger partial charge < -0.3 is 9.13 Å². The van der Waals surface area contributed by atoms with Crippen LogP contribution in [0.15, 0.2) is 163 Å². The maximum atomic E-state index is 3.39. The highest BCUT2D eigenvalue weighted by Gasteiger charge is 2.25. The summed E-state index contributed by atoms with van der Waals surface area (Å²) in [6, 6.07) is 58.5. The molecule has 10 aromatic rings. The minimum Gasteiger partial charge on any atom is -0.309 e. The summed E-state index contributed by atoms with van der Waals surface area (Å²) in [5, 5.41) is 8.81. The van der Waals surface area contributed by atoms with Crippen LogP contribution in [-0.4, -0.2) is 9.13 Å². The largest absolute Gasteiger partial charge is 0.309 e. The Labute approximate surface area is 294 Å². The molecule has 0 unspecified atom stereocenters. The van der Waals surface area contributed by atoms with Crippen molar-refractivity contribution in [3.63, 3.8) is 0 Å². The normalized spacial score (nSPS) is 12.6. The quantitative estimate of drug-likeness (QED) is 0.166. The van der Waals surface area contributed by atoms with Gasteiger partial charge in [0.1, 0.15) is 0 Å². The van der Waals surface area contributed by atoms with E-state index >= 15 is 0 Å². The van der Waals surface area contributed by atoms with E-state index in [1.54, 1.807) is 0 Å². The first kappa shape index (κ1) is 27.0. The number of hydrogen-bond acceptors (Lipinski definition) is 0. The Bertz CT molecular complexity index is 3230. The Morgan fingerprint density at radius 1 is 0.392 bits per heavy atom. The van der Waals surface area contributed by atoms with E-state index in [1.807, 2.05) is 0 Å². The summed E-state index contributed by atoms with van der Waals surface area (Å²) in [7, 11) is 0. The third-order valence-corrected chi connectivity index (χ3v) is 11.2. The fourth-order valence-corrected chi connectivity index (χ4v) is 8.90. The summed E-state index contributed by atoms with van der Waals surface area (Å²) in [6.07, 6.45) is 4.25. The van der Waals surface area contributed by atoms with Crippen LogP contribution in [0.2, 0.25) is 0 Å². The highest BCUT2D eigenvalue weighted by Crippen LogP contribution is 2.48. The van der Waals surface area contributed by atoms with Gasteiger partial charge in [0, 0.05) is 44.6 Å². The average Bonchev–Trinajstić information content (AvgIpc) is 3.86. The van der Waals surface area contributed by atoms with E-state index in [0.717, 1.165) is 0 Å². The third-order valence-electron chi connectivity index (χ3n) is 11.2. The Morgan fingerprint density at radius 2 is 1.04 bits per heavy atom. The van der Waals surface area contributed by atoms with Crippen LogP contribution in [0.3, 0.4) is 0 Å². The topological polar surface area (TPSA) is 9.86 Å². The number of rotatable bonds is 2. The Balaban J connectivity index is 1.08. The molecule has 0 saturated heterocycles. The highest BCUT2D eigenvalue weighted by molar-refractivity contribution is 6.18. The second kappa shape index (κ2) is 9.86. The monoisotopic (exact) mass is 644 g/mol. The van der Waals surface area contributed by atoms with Crippen molar-refractivity contribution in [2.75, 3.05) is 0 Å². The van der Waals surface area contributed by atoms with Gasteiger partial charge in [0.2, 0.25) is 0 Å². The number of nitrogens with zero attached hydrogens (tertiary/aromatic N) is 2. The zero-order valence-corrected chi connectivity index (χ0v) is 27.6. The molecule has 0 spiro atoms. The molecule has 2 aromatic heterocycles. The van der Waals surface area contributed by atoms with Crippen molar-refractivity contribution in [3.05, 3.63) is 175 Å². The number of para-hydroxylation sites is 2. The van der Waals surface area contributed by atoms with Crippen molar-refractivity contribution < 1.29 is 0 Å². The standard InChI is InChI=1S/C49H28N2/c1-2-10-31-25-36(22-19-30(31)9-1)50-45-18-8-14-38(45)43-28-34(20-23-47(43)50)35-21-24-48-44(29-35)40-16-7-15-39-42-27-33-12-4-3-11-32(33)26-41(42)37-13-5-6-17-46(37)51(48)49(39)40/h1-7,9-29H. The second-order valence-corrected chi connectivity index (χ2v) is 13.9. The van der Waals surface area contributed by atoms with Crippen LogP contribution in [0.1, 0.15) is 11.3 Å². The van der Waals surface area contributed by atoms with Gasteiger partial charge in [0.25, 0.3) is 0 Å². The Hall–Kier alpha value is -6.86. The molecule has 1 aliphatic carbocycles. The van der Waals surface area contributed by atoms with Crippen molar-refractivity contribution in [2.24, 2.45) is 0 Å². The average molecular weight is 645 g/mol. The Morgan fingerprint density at radius 3 is 1.84 bits per heavy atom. The fourth-order valence-electron chi connectivity index (χ4n) is 8.90. The molecule has 1 aliphatic heterocycles. The molecule has 3 heterocycles. The zero-order chi connectivity index (χ0) is 33.2. The molecular weight excluding hydrogens is 617 g/mol. The maximum absolute atomic E-state index is 3.39. The molecule has 0 atom stereocenters. The molecule has 0 saturated carbocycles. The fraction of sp³-hybridized carbons (Fsp3) is 0. The molecule has 2 aliphatic rings. The number of fused-ring (bicyclic) bond motifs is 13. The summed E-state index contributed by atoms with van der Waals surface area (Å²) < 4.78 is 4.88. The molecule has 12 rings (SSSR count). The van der Waals surface area contributed by atoms with Crippen LogP contribution in [-0.2, 0) is 0 Å². The van der Waals surface area contributed by atoms with Gasteiger partial charge in [-0.15, -0.1) is 5.73 Å². The summed E-state index contributed by atoms with van der Waals surface area (Å²) in [6.45, 7) is 0. The summed E-state index contributed by atoms with van der Waals surface area (Å²) in [4.78, 5) is 0. The van der Waals surface area contributed by atoms with Crippen LogP contribution in [0.4, 0.5) is 0 Å². The number of hydrogen-bond donors (Lipinski definition) is 0. The molecular formula is C49H28N2. The number of benzene rings is 8. The van der Waals surface area contributed by atoms with E-state index < -0.39 is 0 Å². The number of aromatic nitrogens is 2.